The number of allylic oxidation sites excluding steroid dienone is 1. The van der Waals surface area contributed by atoms with Crippen molar-refractivity contribution in [2.24, 2.45) is 28.6 Å². The summed E-state index contributed by atoms with van der Waals surface area (Å²) in [4.78, 5) is 60.8. The van der Waals surface area contributed by atoms with Crippen LogP contribution in [0.25, 0.3) is 0 Å². The van der Waals surface area contributed by atoms with Gasteiger partial charge in [0.1, 0.15) is 5.78 Å². The number of carboxylic acid groups (broad SMARTS) is 2. The second-order valence-corrected chi connectivity index (χ2v) is 12.6. The van der Waals surface area contributed by atoms with Gasteiger partial charge in [0.05, 0.1) is 7.11 Å². The van der Waals surface area contributed by atoms with Crippen molar-refractivity contribution in [1.82, 2.24) is 15.6 Å². The van der Waals surface area contributed by atoms with E-state index in [4.69, 9.17) is 9.78 Å². The molecule has 1 heterocycles. The molecule has 39 heavy (non-hydrogen) atoms. The third-order valence-electron chi connectivity index (χ3n) is 10.7. The van der Waals surface area contributed by atoms with Crippen LogP contribution in [0.1, 0.15) is 78.1 Å². The molecule has 1 aliphatic heterocycles. The average Bonchev–Trinajstić information content (AvgIpc) is 3.51. The number of carbonyl (C=O) groups excluding carboxylic acids is 2. The molecular formula is C28H41N3O8. The van der Waals surface area contributed by atoms with Gasteiger partial charge in [-0.05, 0) is 86.5 Å². The number of hydroxylamine groups is 5. The molecule has 5 rings (SSSR count). The van der Waals surface area contributed by atoms with Crippen LogP contribution in [0.4, 0.5) is 0 Å². The van der Waals surface area contributed by atoms with Crippen molar-refractivity contribution >= 4 is 23.5 Å². The van der Waals surface area contributed by atoms with E-state index in [-0.39, 0.29) is 10.8 Å². The van der Waals surface area contributed by atoms with Gasteiger partial charge in [-0.1, -0.05) is 13.8 Å². The van der Waals surface area contributed by atoms with Crippen molar-refractivity contribution in [2.75, 3.05) is 20.2 Å². The summed E-state index contributed by atoms with van der Waals surface area (Å²) in [5, 5.41) is 22.2. The zero-order valence-corrected chi connectivity index (χ0v) is 23.1. The van der Waals surface area contributed by atoms with Crippen LogP contribution in [0.3, 0.4) is 0 Å². The highest BCUT2D eigenvalue weighted by Gasteiger charge is 2.60. The molecule has 216 valence electrons. The molecule has 0 spiro atoms. The Morgan fingerprint density at radius 1 is 1.03 bits per heavy atom. The molecule has 3 saturated carbocycles. The summed E-state index contributed by atoms with van der Waals surface area (Å²) in [6, 6.07) is -2.46. The topological polar surface area (TPSA) is 146 Å². The Hall–Kier alpha value is -2.34. The maximum absolute atomic E-state index is 12.9. The summed E-state index contributed by atoms with van der Waals surface area (Å²) >= 11 is 0. The molecule has 5 aliphatic rings. The monoisotopic (exact) mass is 547 g/mol. The van der Waals surface area contributed by atoms with Crippen LogP contribution in [-0.2, 0) is 29.0 Å². The molecule has 0 aromatic rings. The predicted octanol–water partition coefficient (Wildman–Crippen LogP) is 2.72. The smallest absolute Gasteiger partial charge is 0.374 e. The van der Waals surface area contributed by atoms with Crippen molar-refractivity contribution in [3.8, 4) is 0 Å². The van der Waals surface area contributed by atoms with Crippen LogP contribution >= 0.6 is 0 Å². The standard InChI is InChI=1S/C28H41N3O8/c1-27-10-8-16(31(39-30-12-4-5-13-30)23(25(34)35)24(33)26(36)37)14-20(27)21(29-38-3)15-17-18-6-7-22(32)28(18,2)11-9-19(17)27/h16-19,23,29H,4-15H2,1-3H3,(H,34,35)(H,36,37)/t16?,17-,18-,19-,23?,27+,28-/m0/s1. The van der Waals surface area contributed by atoms with Gasteiger partial charge in [-0.25, -0.2) is 14.5 Å². The fourth-order valence-corrected chi connectivity index (χ4v) is 8.68. The average molecular weight is 548 g/mol. The molecule has 0 bridgehead atoms. The van der Waals surface area contributed by atoms with E-state index >= 15 is 0 Å². The van der Waals surface area contributed by atoms with Crippen molar-refractivity contribution in [1.29, 1.82) is 0 Å². The minimum atomic E-state index is -1.95. The molecular weight excluding hydrogens is 506 g/mol. The van der Waals surface area contributed by atoms with Crippen LogP contribution in [0, 0.1) is 28.6 Å². The number of carboxylic acids is 2. The van der Waals surface area contributed by atoms with E-state index < -0.39 is 29.8 Å². The molecule has 0 amide bonds. The van der Waals surface area contributed by atoms with Crippen LogP contribution in [0.15, 0.2) is 11.3 Å². The normalized spacial score (nSPS) is 37.3. The van der Waals surface area contributed by atoms with E-state index in [1.165, 1.54) is 0 Å². The lowest BCUT2D eigenvalue weighted by Crippen LogP contribution is -2.58. The molecule has 0 aromatic carbocycles. The fourth-order valence-electron chi connectivity index (χ4n) is 8.68. The van der Waals surface area contributed by atoms with E-state index in [9.17, 15) is 29.4 Å². The Morgan fingerprint density at radius 2 is 1.69 bits per heavy atom. The van der Waals surface area contributed by atoms with Crippen LogP contribution in [0.2, 0.25) is 0 Å². The maximum atomic E-state index is 12.9. The second-order valence-electron chi connectivity index (χ2n) is 12.6. The van der Waals surface area contributed by atoms with Gasteiger partial charge >= 0.3 is 11.9 Å². The summed E-state index contributed by atoms with van der Waals surface area (Å²) < 4.78 is 0. The molecule has 11 nitrogen and oxygen atoms in total. The molecule has 3 N–H and O–H groups in total. The molecule has 0 aromatic heterocycles. The van der Waals surface area contributed by atoms with Gasteiger partial charge in [0.15, 0.2) is 0 Å². The Balaban J connectivity index is 1.50. The number of nitrogens with zero attached hydrogens (tertiary/aromatic N) is 2. The maximum Gasteiger partial charge on any atom is 0.374 e. The molecule has 7 atom stereocenters. The van der Waals surface area contributed by atoms with E-state index in [1.807, 2.05) is 0 Å². The van der Waals surface area contributed by atoms with Gasteiger partial charge < -0.3 is 10.2 Å². The van der Waals surface area contributed by atoms with Crippen molar-refractivity contribution < 1.29 is 39.2 Å². The minimum absolute atomic E-state index is 0.192. The minimum Gasteiger partial charge on any atom is -0.480 e. The number of carbonyl (C=O) groups is 4. The zero-order chi connectivity index (χ0) is 28.1. The highest BCUT2D eigenvalue weighted by molar-refractivity contribution is 6.38. The quantitative estimate of drug-likeness (QED) is 0.222. The number of nitrogens with one attached hydrogen (secondary N) is 1. The van der Waals surface area contributed by atoms with E-state index in [0.717, 1.165) is 61.3 Å². The van der Waals surface area contributed by atoms with Crippen molar-refractivity contribution in [2.45, 2.75) is 90.1 Å². The summed E-state index contributed by atoms with van der Waals surface area (Å²) in [7, 11) is 1.57. The first-order chi connectivity index (χ1) is 18.5. The Bertz CT molecular complexity index is 1070. The van der Waals surface area contributed by atoms with Crippen molar-refractivity contribution in [3.63, 3.8) is 0 Å². The lowest BCUT2D eigenvalue weighted by Gasteiger charge is -2.58. The SMILES string of the molecule is CONC1=C2CC(N(ON3CCCC3)C(C(=O)O)C(=O)C(=O)O)CC[C@]2(C)[C@H]2CC[C@]3(C)C(=O)CC[C@H]3[C@@H]2C1. The van der Waals surface area contributed by atoms with E-state index in [1.54, 1.807) is 12.2 Å². The number of fused-ring (bicyclic) bond motifs is 5. The predicted molar refractivity (Wildman–Crippen MR) is 137 cm³/mol. The zero-order valence-electron chi connectivity index (χ0n) is 23.1. The van der Waals surface area contributed by atoms with Crippen LogP contribution in [-0.4, -0.2) is 76.1 Å². The molecule has 4 aliphatic carbocycles. The number of rotatable bonds is 9. The first kappa shape index (κ1) is 28.2. The highest BCUT2D eigenvalue weighted by Crippen LogP contribution is 2.65. The van der Waals surface area contributed by atoms with Gasteiger partial charge in [-0.2, -0.15) is 5.06 Å². The summed E-state index contributed by atoms with van der Waals surface area (Å²) in [5.41, 5.74) is 4.73. The highest BCUT2D eigenvalue weighted by atomic mass is 16.8. The number of aliphatic carboxylic acids is 2. The molecule has 2 unspecified atom stereocenters. The van der Waals surface area contributed by atoms with Crippen LogP contribution < -0.4 is 5.48 Å². The third-order valence-corrected chi connectivity index (χ3v) is 10.7. The lowest BCUT2D eigenvalue weighted by molar-refractivity contribution is -0.343. The van der Waals surface area contributed by atoms with Gasteiger partial charge in [0.25, 0.3) is 5.78 Å². The Kier molecular flexibility index (Phi) is 7.64. The summed E-state index contributed by atoms with van der Waals surface area (Å²) in [5.74, 6) is -3.32. The van der Waals surface area contributed by atoms with Gasteiger partial charge in [0.2, 0.25) is 6.04 Å². The van der Waals surface area contributed by atoms with Gasteiger partial charge in [0, 0.05) is 36.7 Å². The lowest BCUT2D eigenvalue weighted by atomic mass is 9.47. The van der Waals surface area contributed by atoms with Gasteiger partial charge in [-0.15, -0.1) is 5.06 Å². The second kappa shape index (κ2) is 10.6. The molecule has 11 heteroatoms. The summed E-state index contributed by atoms with van der Waals surface area (Å²) in [6.45, 7) is 5.58. The number of hydrogen-bond donors (Lipinski definition) is 3. The van der Waals surface area contributed by atoms with Crippen LogP contribution in [0.5, 0.6) is 0 Å². The fraction of sp³-hybridized carbons (Fsp3) is 0.786. The van der Waals surface area contributed by atoms with Gasteiger partial charge in [-0.3, -0.25) is 19.9 Å². The van der Waals surface area contributed by atoms with E-state index in [0.29, 0.717) is 55.9 Å². The van der Waals surface area contributed by atoms with Crippen molar-refractivity contribution in [3.05, 3.63) is 11.3 Å². The molecule has 0 radical (unpaired) electrons. The third kappa shape index (κ3) is 4.71. The largest absolute Gasteiger partial charge is 0.480 e. The number of ketones is 2. The number of hydrogen-bond acceptors (Lipinski definition) is 9. The Labute approximate surface area is 228 Å². The Morgan fingerprint density at radius 3 is 2.33 bits per heavy atom. The van der Waals surface area contributed by atoms with E-state index in [2.05, 4.69) is 19.3 Å². The molecule has 1 saturated heterocycles. The summed E-state index contributed by atoms with van der Waals surface area (Å²) in [6.07, 6.45) is 7.60. The number of Topliss-reactive ketones (excluding diaryl/α,β-unsaturated/α-hetero) is 2. The first-order valence-electron chi connectivity index (χ1n) is 14.3. The first-order valence-corrected chi connectivity index (χ1v) is 14.3. The molecule has 4 fully saturated rings.